The largest absolute Gasteiger partial charge is 0.455 e. The average molecular weight is 368 g/mol. The number of H-pyrrole nitrogens is 1. The van der Waals surface area contributed by atoms with Gasteiger partial charge in [0.15, 0.2) is 0 Å². The highest BCUT2D eigenvalue weighted by molar-refractivity contribution is 6.03. The Morgan fingerprint density at radius 3 is 2.11 bits per heavy atom. The number of aromatic nitrogens is 1. The summed E-state index contributed by atoms with van der Waals surface area (Å²) in [4.78, 5) is 28.2. The van der Waals surface area contributed by atoms with Crippen LogP contribution >= 0.6 is 0 Å². The van der Waals surface area contributed by atoms with Crippen LogP contribution in [0.1, 0.15) is 63.2 Å². The van der Waals surface area contributed by atoms with E-state index in [1.165, 1.54) is 0 Å². The lowest BCUT2D eigenvalue weighted by Crippen LogP contribution is -2.33. The van der Waals surface area contributed by atoms with Crippen molar-refractivity contribution in [1.82, 2.24) is 10.3 Å². The smallest absolute Gasteiger partial charge is 0.355 e. The zero-order valence-corrected chi connectivity index (χ0v) is 16.8. The number of rotatable bonds is 4. The van der Waals surface area contributed by atoms with E-state index in [1.54, 1.807) is 51.2 Å². The minimum atomic E-state index is -0.662. The second-order valence-corrected chi connectivity index (χ2v) is 8.47. The molecule has 27 heavy (non-hydrogen) atoms. The molecule has 1 aromatic heterocycles. The van der Waals surface area contributed by atoms with Crippen molar-refractivity contribution in [2.45, 2.75) is 52.6 Å². The summed E-state index contributed by atoms with van der Waals surface area (Å²) in [5, 5.41) is 2.68. The van der Waals surface area contributed by atoms with Gasteiger partial charge in [0.1, 0.15) is 11.3 Å². The number of amides is 1. The summed E-state index contributed by atoms with van der Waals surface area (Å²) < 4.78 is 5.41. The Hall–Kier alpha value is -2.82. The predicted molar refractivity (Wildman–Crippen MR) is 107 cm³/mol. The molecule has 1 amide bonds. The van der Waals surface area contributed by atoms with E-state index in [0.717, 1.165) is 5.56 Å². The van der Waals surface area contributed by atoms with Gasteiger partial charge < -0.3 is 15.0 Å². The van der Waals surface area contributed by atoms with E-state index in [2.05, 4.69) is 31.1 Å². The highest BCUT2D eigenvalue weighted by atomic mass is 16.6. The Morgan fingerprint density at radius 1 is 1.00 bits per heavy atom. The second kappa shape index (κ2) is 7.82. The Labute approximate surface area is 160 Å². The van der Waals surface area contributed by atoms with Crippen LogP contribution in [0.4, 0.5) is 0 Å². The number of hydrogen-bond acceptors (Lipinski definition) is 3. The molecule has 0 aliphatic carbocycles. The van der Waals surface area contributed by atoms with Gasteiger partial charge in [0.05, 0.1) is 0 Å². The maximum Gasteiger partial charge on any atom is 0.355 e. The van der Waals surface area contributed by atoms with Gasteiger partial charge in [-0.3, -0.25) is 4.79 Å². The van der Waals surface area contributed by atoms with Crippen molar-refractivity contribution in [3.8, 4) is 0 Å². The zero-order valence-electron chi connectivity index (χ0n) is 16.8. The predicted octanol–water partition coefficient (Wildman–Crippen LogP) is 4.42. The van der Waals surface area contributed by atoms with E-state index >= 15 is 0 Å². The van der Waals surface area contributed by atoms with Crippen LogP contribution in [-0.4, -0.2) is 22.5 Å². The van der Waals surface area contributed by atoms with Crippen LogP contribution in [0.25, 0.3) is 6.08 Å². The lowest BCUT2D eigenvalue weighted by Gasteiger charge is -2.21. The van der Waals surface area contributed by atoms with Crippen LogP contribution in [0, 0.1) is 0 Å². The van der Waals surface area contributed by atoms with Crippen molar-refractivity contribution in [1.29, 1.82) is 0 Å². The van der Waals surface area contributed by atoms with Gasteiger partial charge in [0, 0.05) is 17.5 Å². The van der Waals surface area contributed by atoms with E-state index in [4.69, 9.17) is 4.74 Å². The Balaban J connectivity index is 2.24. The molecule has 0 fully saturated rings. The number of hydrogen-bond donors (Lipinski definition) is 2. The molecule has 1 heterocycles. The third-order valence-electron chi connectivity index (χ3n) is 3.80. The zero-order chi connectivity index (χ0) is 20.2. The van der Waals surface area contributed by atoms with E-state index in [0.29, 0.717) is 11.3 Å². The van der Waals surface area contributed by atoms with Gasteiger partial charge in [0.2, 0.25) is 0 Å². The summed E-state index contributed by atoms with van der Waals surface area (Å²) >= 11 is 0. The number of nitrogens with one attached hydrogen (secondary N) is 2. The summed E-state index contributed by atoms with van der Waals surface area (Å²) in [7, 11) is 0. The minimum absolute atomic E-state index is 0.00417. The molecule has 0 radical (unpaired) electrons. The number of ether oxygens (including phenoxy) is 1. The fourth-order valence-electron chi connectivity index (χ4n) is 2.38. The number of carbonyl (C=O) groups excluding carboxylic acids is 2. The first kappa shape index (κ1) is 20.5. The molecule has 5 heteroatoms. The molecule has 0 aliphatic rings. The fourth-order valence-corrected chi connectivity index (χ4v) is 2.38. The maximum absolute atomic E-state index is 12.6. The molecule has 0 saturated heterocycles. The first-order valence-corrected chi connectivity index (χ1v) is 8.96. The van der Waals surface area contributed by atoms with E-state index in [1.807, 2.05) is 18.2 Å². The van der Waals surface area contributed by atoms with E-state index < -0.39 is 11.6 Å². The van der Waals surface area contributed by atoms with Crippen molar-refractivity contribution in [2.75, 3.05) is 0 Å². The summed E-state index contributed by atoms with van der Waals surface area (Å²) in [6.07, 6.45) is 3.31. The van der Waals surface area contributed by atoms with Gasteiger partial charge in [-0.05, 0) is 62.1 Å². The fraction of sp³-hybridized carbons (Fsp3) is 0.364. The molecular formula is C22H28N2O3. The summed E-state index contributed by atoms with van der Waals surface area (Å²) in [6.45, 7) is 11.7. The quantitative estimate of drug-likeness (QED) is 0.620. The molecule has 0 unspecified atom stereocenters. The molecule has 0 atom stereocenters. The highest BCUT2D eigenvalue weighted by Crippen LogP contribution is 2.22. The number of carbonyl (C=O) groups is 2. The van der Waals surface area contributed by atoms with Gasteiger partial charge in [-0.2, -0.15) is 0 Å². The highest BCUT2D eigenvalue weighted by Gasteiger charge is 2.22. The SMILES string of the molecule is CC(C)(C)OC(=O)C(=Cc1ccc[nH]1)NC(=O)c1ccc(C(C)(C)C)cc1. The van der Waals surface area contributed by atoms with Crippen LogP contribution in [0.2, 0.25) is 0 Å². The van der Waals surface area contributed by atoms with Crippen LogP contribution in [0.5, 0.6) is 0 Å². The first-order chi connectivity index (χ1) is 12.5. The minimum Gasteiger partial charge on any atom is -0.455 e. The van der Waals surface area contributed by atoms with E-state index in [-0.39, 0.29) is 17.0 Å². The molecule has 2 aromatic rings. The van der Waals surface area contributed by atoms with Crippen LogP contribution < -0.4 is 5.32 Å². The second-order valence-electron chi connectivity index (χ2n) is 8.47. The van der Waals surface area contributed by atoms with Crippen molar-refractivity contribution in [3.63, 3.8) is 0 Å². The molecule has 0 aliphatic heterocycles. The lowest BCUT2D eigenvalue weighted by atomic mass is 9.87. The lowest BCUT2D eigenvalue weighted by molar-refractivity contribution is -0.150. The van der Waals surface area contributed by atoms with Crippen molar-refractivity contribution in [2.24, 2.45) is 0 Å². The standard InChI is InChI=1S/C22H28N2O3/c1-21(2,3)16-11-9-15(10-12-16)19(25)24-18(14-17-8-7-13-23-17)20(26)27-22(4,5)6/h7-14,23H,1-6H3,(H,24,25). The summed E-state index contributed by atoms with van der Waals surface area (Å²) in [5.41, 5.74) is 1.73. The normalized spacial score (nSPS) is 12.6. The van der Waals surface area contributed by atoms with Gasteiger partial charge in [0.25, 0.3) is 5.91 Å². The van der Waals surface area contributed by atoms with E-state index in [9.17, 15) is 9.59 Å². The van der Waals surface area contributed by atoms with Crippen molar-refractivity contribution < 1.29 is 14.3 Å². The first-order valence-electron chi connectivity index (χ1n) is 8.96. The number of benzene rings is 1. The molecule has 2 N–H and O–H groups in total. The van der Waals surface area contributed by atoms with Crippen LogP contribution in [0.15, 0.2) is 48.3 Å². The molecule has 0 spiro atoms. The van der Waals surface area contributed by atoms with Gasteiger partial charge in [-0.1, -0.05) is 32.9 Å². The Bertz CT molecular complexity index is 818. The maximum atomic E-state index is 12.6. The number of esters is 1. The molecule has 1 aromatic carbocycles. The summed E-state index contributed by atoms with van der Waals surface area (Å²) in [6, 6.07) is 11.0. The molecule has 0 saturated carbocycles. The summed E-state index contributed by atoms with van der Waals surface area (Å²) in [5.74, 6) is -0.948. The topological polar surface area (TPSA) is 71.2 Å². The van der Waals surface area contributed by atoms with Gasteiger partial charge in [-0.15, -0.1) is 0 Å². The third-order valence-corrected chi connectivity index (χ3v) is 3.80. The number of aromatic amines is 1. The van der Waals surface area contributed by atoms with Gasteiger partial charge in [-0.25, -0.2) is 4.79 Å². The van der Waals surface area contributed by atoms with Crippen molar-refractivity contribution in [3.05, 3.63) is 65.1 Å². The molecule has 2 rings (SSSR count). The van der Waals surface area contributed by atoms with Crippen LogP contribution in [0.3, 0.4) is 0 Å². The Kier molecular flexibility index (Phi) is 5.94. The molecule has 0 bridgehead atoms. The molecule has 5 nitrogen and oxygen atoms in total. The molecule has 144 valence electrons. The Morgan fingerprint density at radius 2 is 1.63 bits per heavy atom. The molecular weight excluding hydrogens is 340 g/mol. The third kappa shape index (κ3) is 6.13. The monoisotopic (exact) mass is 368 g/mol. The van der Waals surface area contributed by atoms with Crippen LogP contribution in [-0.2, 0) is 14.9 Å². The average Bonchev–Trinajstić information content (AvgIpc) is 3.05. The van der Waals surface area contributed by atoms with Gasteiger partial charge >= 0.3 is 5.97 Å². The van der Waals surface area contributed by atoms with Crippen molar-refractivity contribution >= 4 is 18.0 Å².